The first-order valence-corrected chi connectivity index (χ1v) is 7.97. The van der Waals surface area contributed by atoms with Crippen LogP contribution in [0.4, 0.5) is 0 Å². The number of hydrogen-bond acceptors (Lipinski definition) is 1. The zero-order chi connectivity index (χ0) is 13.8. The van der Waals surface area contributed by atoms with Crippen molar-refractivity contribution in [2.45, 2.75) is 32.6 Å². The zero-order valence-corrected chi connectivity index (χ0v) is 13.4. The van der Waals surface area contributed by atoms with Crippen LogP contribution in [0, 0.1) is 11.8 Å². The van der Waals surface area contributed by atoms with E-state index in [0.717, 1.165) is 16.9 Å². The summed E-state index contributed by atoms with van der Waals surface area (Å²) in [5, 5.41) is 3.49. The molecule has 1 saturated carbocycles. The van der Waals surface area contributed by atoms with Crippen molar-refractivity contribution in [3.05, 3.63) is 33.3 Å². The van der Waals surface area contributed by atoms with Crippen molar-refractivity contribution < 1.29 is 4.79 Å². The average Bonchev–Trinajstić information content (AvgIpc) is 2.41. The van der Waals surface area contributed by atoms with E-state index in [1.807, 2.05) is 12.1 Å². The third-order valence-corrected chi connectivity index (χ3v) is 5.18. The number of halogens is 2. The van der Waals surface area contributed by atoms with Crippen molar-refractivity contribution in [3.8, 4) is 0 Å². The molecule has 0 radical (unpaired) electrons. The Morgan fingerprint density at radius 1 is 1.37 bits per heavy atom. The van der Waals surface area contributed by atoms with E-state index in [9.17, 15) is 4.79 Å². The minimum absolute atomic E-state index is 0.0788. The highest BCUT2D eigenvalue weighted by molar-refractivity contribution is 9.10. The summed E-state index contributed by atoms with van der Waals surface area (Å²) in [6.45, 7) is 3.06. The van der Waals surface area contributed by atoms with Crippen LogP contribution in [-0.4, -0.2) is 12.5 Å². The highest BCUT2D eigenvalue weighted by Crippen LogP contribution is 2.28. The average molecular weight is 345 g/mol. The number of amides is 1. The summed E-state index contributed by atoms with van der Waals surface area (Å²) < 4.78 is 0.758. The van der Waals surface area contributed by atoms with Gasteiger partial charge in [-0.3, -0.25) is 4.79 Å². The summed E-state index contributed by atoms with van der Waals surface area (Å²) in [4.78, 5) is 12.1. The Morgan fingerprint density at radius 3 is 2.74 bits per heavy atom. The summed E-state index contributed by atoms with van der Waals surface area (Å²) in [7, 11) is 0. The standard InChI is InChI=1S/C15H19BrClNO/c1-10-5-7-11(8-6-10)9-18-15(19)12-3-2-4-13(16)14(12)17/h2-4,10-11H,5-9H2,1H3,(H,18,19). The molecule has 0 heterocycles. The Balaban J connectivity index is 1.89. The highest BCUT2D eigenvalue weighted by atomic mass is 79.9. The lowest BCUT2D eigenvalue weighted by Crippen LogP contribution is -2.31. The van der Waals surface area contributed by atoms with E-state index in [2.05, 4.69) is 28.2 Å². The maximum atomic E-state index is 12.1. The quantitative estimate of drug-likeness (QED) is 0.849. The van der Waals surface area contributed by atoms with Gasteiger partial charge in [-0.1, -0.05) is 37.4 Å². The van der Waals surface area contributed by atoms with E-state index >= 15 is 0 Å². The summed E-state index contributed by atoms with van der Waals surface area (Å²) >= 11 is 9.46. The molecule has 0 saturated heterocycles. The Hall–Kier alpha value is -0.540. The van der Waals surface area contributed by atoms with Gasteiger partial charge >= 0.3 is 0 Å². The third kappa shape index (κ3) is 3.96. The van der Waals surface area contributed by atoms with Crippen molar-refractivity contribution in [3.63, 3.8) is 0 Å². The van der Waals surface area contributed by atoms with Crippen molar-refractivity contribution in [1.29, 1.82) is 0 Å². The Bertz CT molecular complexity index is 455. The molecule has 2 nitrogen and oxygen atoms in total. The molecule has 19 heavy (non-hydrogen) atoms. The molecule has 104 valence electrons. The summed E-state index contributed by atoms with van der Waals surface area (Å²) in [6, 6.07) is 5.42. The molecular weight excluding hydrogens is 326 g/mol. The first-order valence-electron chi connectivity index (χ1n) is 6.80. The van der Waals surface area contributed by atoms with Crippen molar-refractivity contribution in [1.82, 2.24) is 5.32 Å². The van der Waals surface area contributed by atoms with Crippen LogP contribution < -0.4 is 5.32 Å². The molecule has 0 unspecified atom stereocenters. The predicted molar refractivity (Wildman–Crippen MR) is 82.6 cm³/mol. The molecule has 0 bridgehead atoms. The van der Waals surface area contributed by atoms with Gasteiger partial charge in [-0.2, -0.15) is 0 Å². The van der Waals surface area contributed by atoms with E-state index < -0.39 is 0 Å². The van der Waals surface area contributed by atoms with Crippen LogP contribution in [0.5, 0.6) is 0 Å². The van der Waals surface area contributed by atoms with E-state index in [0.29, 0.717) is 16.5 Å². The van der Waals surface area contributed by atoms with Gasteiger partial charge in [0.15, 0.2) is 0 Å². The fourth-order valence-corrected chi connectivity index (χ4v) is 3.12. The number of carbonyl (C=O) groups is 1. The molecule has 1 N–H and O–H groups in total. The Kier molecular flexibility index (Phi) is 5.28. The second kappa shape index (κ2) is 6.76. The molecule has 1 aromatic carbocycles. The fraction of sp³-hybridized carbons (Fsp3) is 0.533. The van der Waals surface area contributed by atoms with Crippen LogP contribution in [0.2, 0.25) is 5.02 Å². The van der Waals surface area contributed by atoms with Crippen molar-refractivity contribution >= 4 is 33.4 Å². The number of hydrogen-bond donors (Lipinski definition) is 1. The normalized spacial score (nSPS) is 23.1. The smallest absolute Gasteiger partial charge is 0.252 e. The second-order valence-electron chi connectivity index (χ2n) is 5.44. The lowest BCUT2D eigenvalue weighted by molar-refractivity contribution is 0.0942. The first kappa shape index (κ1) is 14.9. The minimum atomic E-state index is -0.0788. The molecule has 2 rings (SSSR count). The number of rotatable bonds is 3. The summed E-state index contributed by atoms with van der Waals surface area (Å²) in [5.74, 6) is 1.38. The molecule has 1 aliphatic rings. The molecule has 1 aliphatic carbocycles. The lowest BCUT2D eigenvalue weighted by atomic mass is 9.83. The summed E-state index contributed by atoms with van der Waals surface area (Å²) in [6.07, 6.45) is 4.98. The highest BCUT2D eigenvalue weighted by Gasteiger charge is 2.19. The zero-order valence-electron chi connectivity index (χ0n) is 11.1. The number of nitrogens with one attached hydrogen (secondary N) is 1. The molecular formula is C15H19BrClNO. The van der Waals surface area contributed by atoms with Crippen LogP contribution in [-0.2, 0) is 0 Å². The fourth-order valence-electron chi connectivity index (χ4n) is 2.54. The topological polar surface area (TPSA) is 29.1 Å². The van der Waals surface area contributed by atoms with Crippen LogP contribution in [0.3, 0.4) is 0 Å². The van der Waals surface area contributed by atoms with Crippen molar-refractivity contribution in [2.75, 3.05) is 6.54 Å². The van der Waals surface area contributed by atoms with Gasteiger partial charge in [-0.15, -0.1) is 0 Å². The molecule has 0 atom stereocenters. The van der Waals surface area contributed by atoms with Crippen LogP contribution in [0.15, 0.2) is 22.7 Å². The lowest BCUT2D eigenvalue weighted by Gasteiger charge is -2.26. The molecule has 0 spiro atoms. The minimum Gasteiger partial charge on any atom is -0.352 e. The monoisotopic (exact) mass is 343 g/mol. The van der Waals surface area contributed by atoms with Gasteiger partial charge in [0, 0.05) is 11.0 Å². The van der Waals surface area contributed by atoms with Crippen LogP contribution in [0.1, 0.15) is 43.0 Å². The van der Waals surface area contributed by atoms with Gasteiger partial charge in [0.25, 0.3) is 5.91 Å². The predicted octanol–water partition coefficient (Wildman–Crippen LogP) is 4.66. The number of carbonyl (C=O) groups excluding carboxylic acids is 1. The second-order valence-corrected chi connectivity index (χ2v) is 6.67. The third-order valence-electron chi connectivity index (χ3n) is 3.88. The molecule has 1 aromatic rings. The Labute approximate surface area is 128 Å². The van der Waals surface area contributed by atoms with E-state index in [4.69, 9.17) is 11.6 Å². The maximum absolute atomic E-state index is 12.1. The van der Waals surface area contributed by atoms with Gasteiger partial charge < -0.3 is 5.32 Å². The van der Waals surface area contributed by atoms with Gasteiger partial charge in [-0.05, 0) is 52.7 Å². The van der Waals surface area contributed by atoms with Gasteiger partial charge in [0.05, 0.1) is 10.6 Å². The van der Waals surface area contributed by atoms with E-state index in [-0.39, 0.29) is 5.91 Å². The van der Waals surface area contributed by atoms with Crippen LogP contribution in [0.25, 0.3) is 0 Å². The van der Waals surface area contributed by atoms with Gasteiger partial charge in [0.1, 0.15) is 0 Å². The Morgan fingerprint density at radius 2 is 2.05 bits per heavy atom. The summed E-state index contributed by atoms with van der Waals surface area (Å²) in [5.41, 5.74) is 0.542. The molecule has 0 aliphatic heterocycles. The van der Waals surface area contributed by atoms with Crippen LogP contribution >= 0.6 is 27.5 Å². The largest absolute Gasteiger partial charge is 0.352 e. The molecule has 1 amide bonds. The van der Waals surface area contributed by atoms with Gasteiger partial charge in [-0.25, -0.2) is 0 Å². The first-order chi connectivity index (χ1) is 9.08. The molecule has 0 aromatic heterocycles. The SMILES string of the molecule is CC1CCC(CNC(=O)c2cccc(Br)c2Cl)CC1. The van der Waals surface area contributed by atoms with E-state index in [1.54, 1.807) is 6.07 Å². The number of benzene rings is 1. The van der Waals surface area contributed by atoms with Gasteiger partial charge in [0.2, 0.25) is 0 Å². The molecule has 4 heteroatoms. The molecule has 1 fully saturated rings. The van der Waals surface area contributed by atoms with Crippen molar-refractivity contribution in [2.24, 2.45) is 11.8 Å². The maximum Gasteiger partial charge on any atom is 0.252 e. The van der Waals surface area contributed by atoms with E-state index in [1.165, 1.54) is 25.7 Å².